The smallest absolute Gasteiger partial charge is 0.475 e. The lowest BCUT2D eigenvalue weighted by atomic mass is 10.0. The summed E-state index contributed by atoms with van der Waals surface area (Å²) < 4.78 is 71.9. The summed E-state index contributed by atoms with van der Waals surface area (Å²) >= 11 is 0. The van der Waals surface area contributed by atoms with Crippen molar-refractivity contribution in [1.29, 1.82) is 0 Å². The van der Waals surface area contributed by atoms with Gasteiger partial charge in [0.1, 0.15) is 0 Å². The minimum absolute atomic E-state index is 0.146. The number of halogens is 6. The van der Waals surface area contributed by atoms with Crippen molar-refractivity contribution in [1.82, 2.24) is 19.7 Å². The fourth-order valence-corrected chi connectivity index (χ4v) is 2.75. The van der Waals surface area contributed by atoms with E-state index in [4.69, 9.17) is 15.6 Å². The van der Waals surface area contributed by atoms with E-state index in [-0.39, 0.29) is 17.4 Å². The number of fused-ring (bicyclic) bond motifs is 2. The Hall–Kier alpha value is -3.84. The number of rotatable bonds is 1. The van der Waals surface area contributed by atoms with Crippen LogP contribution in [0.2, 0.25) is 0 Å². The van der Waals surface area contributed by atoms with Crippen molar-refractivity contribution in [2.45, 2.75) is 18.9 Å². The molecule has 0 unspecified atom stereocenters. The normalized spacial score (nSPS) is 13.4. The second-order valence-electron chi connectivity index (χ2n) is 6.20. The lowest BCUT2D eigenvalue weighted by molar-refractivity contribution is -0.192. The van der Waals surface area contributed by atoms with E-state index < -0.39 is 24.0 Å². The molecule has 164 valence electrons. The third kappa shape index (κ3) is 4.36. The highest BCUT2D eigenvalue weighted by Gasteiger charge is 2.38. The number of hydrogen-bond acceptors (Lipinski definition) is 5. The molecule has 0 radical (unpaired) electrons. The lowest BCUT2D eigenvalue weighted by Gasteiger charge is -2.09. The number of nitrogen functional groups attached to an aromatic ring is 1. The van der Waals surface area contributed by atoms with Crippen LogP contribution in [0.5, 0.6) is 0 Å². The molecule has 1 amide bonds. The molecule has 0 saturated heterocycles. The van der Waals surface area contributed by atoms with E-state index >= 15 is 0 Å². The molecular formula is C17H11F6N5O3. The summed E-state index contributed by atoms with van der Waals surface area (Å²) in [6.45, 7) is 0.385. The van der Waals surface area contributed by atoms with Crippen molar-refractivity contribution in [3.8, 4) is 11.3 Å². The van der Waals surface area contributed by atoms with Crippen LogP contribution in [0, 0.1) is 0 Å². The molecule has 3 aromatic rings. The standard InChI is InChI=1S/C15H10F3N5O.C2HF3O2/c16-15(17,18)11-6-23-10(5-20-13(23)12(19)22-11)7-1-2-9-8(3-7)4-21-14(9)24;3-2(4,5)1(6)7/h1-3,5-6H,4H2,(H2,19,22)(H,21,24);(H,6,7). The minimum atomic E-state index is -5.08. The Morgan fingerprint density at radius 2 is 1.84 bits per heavy atom. The largest absolute Gasteiger partial charge is 0.490 e. The third-order valence-corrected chi connectivity index (χ3v) is 4.14. The number of aromatic nitrogens is 3. The van der Waals surface area contributed by atoms with Crippen LogP contribution >= 0.6 is 0 Å². The fourth-order valence-electron chi connectivity index (χ4n) is 2.75. The fraction of sp³-hybridized carbons (Fsp3) is 0.176. The average Bonchev–Trinajstić information content (AvgIpc) is 3.24. The molecular weight excluding hydrogens is 436 g/mol. The number of carboxylic acid groups (broad SMARTS) is 1. The van der Waals surface area contributed by atoms with Crippen LogP contribution in [0.3, 0.4) is 0 Å². The third-order valence-electron chi connectivity index (χ3n) is 4.14. The second-order valence-corrected chi connectivity index (χ2v) is 6.20. The molecule has 3 heterocycles. The first-order valence-electron chi connectivity index (χ1n) is 8.21. The van der Waals surface area contributed by atoms with Crippen molar-refractivity contribution in [3.05, 3.63) is 47.4 Å². The molecule has 14 heteroatoms. The summed E-state index contributed by atoms with van der Waals surface area (Å²) in [5, 5.41) is 9.82. The number of carbonyl (C=O) groups excluding carboxylic acids is 1. The van der Waals surface area contributed by atoms with Crippen molar-refractivity contribution in [2.75, 3.05) is 5.73 Å². The summed E-state index contributed by atoms with van der Waals surface area (Å²) in [6, 6.07) is 5.05. The van der Waals surface area contributed by atoms with Gasteiger partial charge in [-0.1, -0.05) is 6.07 Å². The maximum absolute atomic E-state index is 13.0. The molecule has 1 aliphatic heterocycles. The van der Waals surface area contributed by atoms with Crippen LogP contribution in [-0.2, 0) is 17.5 Å². The first-order valence-corrected chi connectivity index (χ1v) is 8.21. The molecule has 0 spiro atoms. The van der Waals surface area contributed by atoms with Crippen molar-refractivity contribution >= 4 is 23.3 Å². The van der Waals surface area contributed by atoms with Gasteiger partial charge in [-0.2, -0.15) is 26.3 Å². The Morgan fingerprint density at radius 3 is 2.42 bits per heavy atom. The SMILES string of the molecule is Nc1nc(C(F)(F)F)cn2c(-c3ccc4c(c3)CNC4=O)cnc12.O=C(O)C(F)(F)F. The van der Waals surface area contributed by atoms with Gasteiger partial charge in [0, 0.05) is 23.9 Å². The monoisotopic (exact) mass is 447 g/mol. The van der Waals surface area contributed by atoms with E-state index in [2.05, 4.69) is 15.3 Å². The maximum atomic E-state index is 13.0. The number of nitrogens with one attached hydrogen (secondary N) is 1. The van der Waals surface area contributed by atoms with Crippen LogP contribution in [0.15, 0.2) is 30.6 Å². The van der Waals surface area contributed by atoms with Crippen LogP contribution < -0.4 is 11.1 Å². The van der Waals surface area contributed by atoms with Gasteiger partial charge in [0.2, 0.25) is 0 Å². The topological polar surface area (TPSA) is 123 Å². The predicted molar refractivity (Wildman–Crippen MR) is 92.7 cm³/mol. The van der Waals surface area contributed by atoms with Crippen LogP contribution in [-0.4, -0.2) is 37.5 Å². The number of nitrogens with two attached hydrogens (primary N) is 1. The van der Waals surface area contributed by atoms with Gasteiger partial charge in [-0.25, -0.2) is 14.8 Å². The summed E-state index contributed by atoms with van der Waals surface area (Å²) in [6.07, 6.45) is -7.40. The number of carboxylic acids is 1. The minimum Gasteiger partial charge on any atom is -0.475 e. The number of alkyl halides is 6. The zero-order valence-corrected chi connectivity index (χ0v) is 15.0. The molecule has 8 nitrogen and oxygen atoms in total. The van der Waals surface area contributed by atoms with Crippen LogP contribution in [0.4, 0.5) is 32.2 Å². The number of aliphatic carboxylic acids is 1. The molecule has 0 aliphatic carbocycles. The Balaban J connectivity index is 0.000000339. The Labute approximate surface area is 168 Å². The quantitative estimate of drug-likeness (QED) is 0.493. The summed E-state index contributed by atoms with van der Waals surface area (Å²) in [7, 11) is 0. The van der Waals surface area contributed by atoms with Gasteiger partial charge in [-0.3, -0.25) is 9.20 Å². The highest BCUT2D eigenvalue weighted by atomic mass is 19.4. The maximum Gasteiger partial charge on any atom is 0.490 e. The van der Waals surface area contributed by atoms with Gasteiger partial charge >= 0.3 is 18.3 Å². The number of imidazole rings is 1. The van der Waals surface area contributed by atoms with Gasteiger partial charge in [-0.05, 0) is 17.7 Å². The number of amides is 1. The van der Waals surface area contributed by atoms with E-state index in [0.717, 1.165) is 11.8 Å². The number of nitrogens with zero attached hydrogens (tertiary/aromatic N) is 3. The van der Waals surface area contributed by atoms with Gasteiger partial charge in [-0.15, -0.1) is 0 Å². The van der Waals surface area contributed by atoms with E-state index in [9.17, 15) is 31.1 Å². The number of hydrogen-bond donors (Lipinski definition) is 3. The average molecular weight is 447 g/mol. The van der Waals surface area contributed by atoms with Gasteiger partial charge in [0.05, 0.1) is 11.9 Å². The highest BCUT2D eigenvalue weighted by Crippen LogP contribution is 2.32. The number of benzene rings is 1. The molecule has 31 heavy (non-hydrogen) atoms. The summed E-state index contributed by atoms with van der Waals surface area (Å²) in [4.78, 5) is 27.9. The van der Waals surface area contributed by atoms with Gasteiger partial charge in [0.25, 0.3) is 5.91 Å². The molecule has 1 aliphatic rings. The number of anilines is 1. The molecule has 0 bridgehead atoms. The van der Waals surface area contributed by atoms with Crippen molar-refractivity contribution < 1.29 is 41.0 Å². The first kappa shape index (κ1) is 21.9. The molecule has 4 rings (SSSR count). The molecule has 4 N–H and O–H groups in total. The van der Waals surface area contributed by atoms with E-state index in [1.165, 1.54) is 10.6 Å². The van der Waals surface area contributed by atoms with Gasteiger partial charge < -0.3 is 16.2 Å². The second kappa shape index (κ2) is 7.45. The van der Waals surface area contributed by atoms with E-state index in [1.807, 2.05) is 0 Å². The Morgan fingerprint density at radius 1 is 1.19 bits per heavy atom. The van der Waals surface area contributed by atoms with Crippen molar-refractivity contribution in [2.24, 2.45) is 0 Å². The van der Waals surface area contributed by atoms with Crippen LogP contribution in [0.1, 0.15) is 21.6 Å². The molecule has 2 aromatic heterocycles. The first-order chi connectivity index (χ1) is 14.3. The van der Waals surface area contributed by atoms with E-state index in [1.54, 1.807) is 18.2 Å². The van der Waals surface area contributed by atoms with Crippen LogP contribution in [0.25, 0.3) is 16.9 Å². The molecule has 0 fully saturated rings. The van der Waals surface area contributed by atoms with E-state index in [0.29, 0.717) is 23.4 Å². The predicted octanol–water partition coefficient (Wildman–Crippen LogP) is 2.87. The highest BCUT2D eigenvalue weighted by molar-refractivity contribution is 5.98. The molecule has 0 saturated carbocycles. The van der Waals surface area contributed by atoms with Crippen molar-refractivity contribution in [3.63, 3.8) is 0 Å². The van der Waals surface area contributed by atoms with Gasteiger partial charge in [0.15, 0.2) is 17.2 Å². The lowest BCUT2D eigenvalue weighted by Crippen LogP contribution is -2.21. The number of carbonyl (C=O) groups is 2. The Bertz CT molecular complexity index is 1190. The molecule has 0 atom stereocenters. The molecule has 1 aromatic carbocycles. The zero-order valence-electron chi connectivity index (χ0n) is 15.0. The Kier molecular flexibility index (Phi) is 5.25. The zero-order chi connectivity index (χ0) is 23.1. The summed E-state index contributed by atoms with van der Waals surface area (Å²) in [5.41, 5.74) is 7.07. The summed E-state index contributed by atoms with van der Waals surface area (Å²) in [5.74, 6) is -3.22.